The highest BCUT2D eigenvalue weighted by atomic mass is 19.1. The number of anilines is 2. The number of carbonyl (C=O) groups is 1. The molecular formula is C17H17FN6O2. The van der Waals surface area contributed by atoms with E-state index in [9.17, 15) is 9.18 Å². The van der Waals surface area contributed by atoms with Crippen LogP contribution >= 0.6 is 0 Å². The van der Waals surface area contributed by atoms with Crippen LogP contribution in [-0.4, -0.2) is 58.7 Å². The monoisotopic (exact) mass is 356 g/mol. The number of fused-ring (bicyclic) bond motifs is 1. The lowest BCUT2D eigenvalue weighted by molar-refractivity contribution is -0.117. The number of aromatic nitrogens is 3. The zero-order valence-electron chi connectivity index (χ0n) is 13.9. The van der Waals surface area contributed by atoms with Crippen molar-refractivity contribution in [2.45, 2.75) is 0 Å². The highest BCUT2D eigenvalue weighted by Gasteiger charge is 2.21. The predicted molar refractivity (Wildman–Crippen MR) is 93.3 cm³/mol. The van der Waals surface area contributed by atoms with Crippen LogP contribution in [0.4, 0.5) is 16.2 Å². The number of piperazine rings is 1. The number of nitrogens with one attached hydrogen (secondary N) is 1. The van der Waals surface area contributed by atoms with E-state index < -0.39 is 5.82 Å². The van der Waals surface area contributed by atoms with Gasteiger partial charge >= 0.3 is 0 Å². The molecule has 9 heteroatoms. The molecular weight excluding hydrogens is 339 g/mol. The molecule has 0 unspecified atom stereocenters. The molecule has 1 aliphatic rings. The minimum Gasteiger partial charge on any atom is -0.354 e. The van der Waals surface area contributed by atoms with Crippen molar-refractivity contribution in [3.8, 4) is 0 Å². The second kappa shape index (κ2) is 7.04. The highest BCUT2D eigenvalue weighted by Crippen LogP contribution is 2.23. The van der Waals surface area contributed by atoms with Gasteiger partial charge in [-0.25, -0.2) is 14.4 Å². The summed E-state index contributed by atoms with van der Waals surface area (Å²) in [5.74, 6) is 0.317. The molecule has 1 N–H and O–H groups in total. The smallest absolute Gasteiger partial charge is 0.239 e. The first-order valence-corrected chi connectivity index (χ1v) is 8.28. The van der Waals surface area contributed by atoms with Crippen LogP contribution in [0, 0.1) is 5.82 Å². The van der Waals surface area contributed by atoms with E-state index in [4.69, 9.17) is 4.52 Å². The van der Waals surface area contributed by atoms with E-state index in [1.807, 2.05) is 4.90 Å². The minimum absolute atomic E-state index is 0.214. The molecule has 0 radical (unpaired) electrons. The highest BCUT2D eigenvalue weighted by molar-refractivity contribution is 5.99. The minimum atomic E-state index is -0.407. The number of amides is 1. The summed E-state index contributed by atoms with van der Waals surface area (Å²) in [6.45, 7) is 3.16. The summed E-state index contributed by atoms with van der Waals surface area (Å²) >= 11 is 0. The van der Waals surface area contributed by atoms with Gasteiger partial charge in [0.1, 0.15) is 5.82 Å². The van der Waals surface area contributed by atoms with Gasteiger partial charge in [-0.1, -0.05) is 5.16 Å². The molecule has 0 saturated carbocycles. The molecule has 0 bridgehead atoms. The lowest BCUT2D eigenvalue weighted by atomic mass is 10.2. The second-order valence-corrected chi connectivity index (χ2v) is 6.03. The van der Waals surface area contributed by atoms with Gasteiger partial charge in [0.2, 0.25) is 11.9 Å². The lowest BCUT2D eigenvalue weighted by Gasteiger charge is -2.34. The average molecular weight is 356 g/mol. The van der Waals surface area contributed by atoms with Crippen molar-refractivity contribution >= 4 is 28.6 Å². The van der Waals surface area contributed by atoms with Crippen molar-refractivity contribution in [1.82, 2.24) is 20.0 Å². The SMILES string of the molecule is O=C(CN1CCN(c2ncccn2)CC1)Nc1noc2ccc(F)cc12. The Hall–Kier alpha value is -3.07. The molecule has 134 valence electrons. The lowest BCUT2D eigenvalue weighted by Crippen LogP contribution is -2.49. The first-order chi connectivity index (χ1) is 12.7. The summed E-state index contributed by atoms with van der Waals surface area (Å²) in [6.07, 6.45) is 3.43. The van der Waals surface area contributed by atoms with Gasteiger partial charge in [0.25, 0.3) is 0 Å². The topological polar surface area (TPSA) is 87.4 Å². The van der Waals surface area contributed by atoms with Crippen molar-refractivity contribution in [2.75, 3.05) is 42.9 Å². The Labute approximate surface area is 148 Å². The fraction of sp³-hybridized carbons (Fsp3) is 0.294. The van der Waals surface area contributed by atoms with Gasteiger partial charge < -0.3 is 14.7 Å². The molecule has 0 spiro atoms. The van der Waals surface area contributed by atoms with E-state index in [-0.39, 0.29) is 18.3 Å². The Morgan fingerprint density at radius 2 is 1.96 bits per heavy atom. The first-order valence-electron chi connectivity index (χ1n) is 8.28. The molecule has 0 atom stereocenters. The van der Waals surface area contributed by atoms with E-state index in [1.54, 1.807) is 18.5 Å². The number of benzene rings is 1. The maximum Gasteiger partial charge on any atom is 0.239 e. The van der Waals surface area contributed by atoms with Crippen LogP contribution < -0.4 is 10.2 Å². The Bertz CT molecular complexity index is 908. The summed E-state index contributed by atoms with van der Waals surface area (Å²) < 4.78 is 18.5. The maximum absolute atomic E-state index is 13.4. The van der Waals surface area contributed by atoms with Crippen molar-refractivity contribution in [1.29, 1.82) is 0 Å². The van der Waals surface area contributed by atoms with Crippen LogP contribution in [0.25, 0.3) is 11.0 Å². The number of carbonyl (C=O) groups excluding carboxylic acids is 1. The molecule has 3 aromatic rings. The third-order valence-electron chi connectivity index (χ3n) is 4.26. The van der Waals surface area contributed by atoms with E-state index >= 15 is 0 Å². The zero-order valence-corrected chi connectivity index (χ0v) is 13.9. The maximum atomic E-state index is 13.4. The number of nitrogens with zero attached hydrogens (tertiary/aromatic N) is 5. The fourth-order valence-corrected chi connectivity index (χ4v) is 2.94. The Morgan fingerprint density at radius 1 is 1.19 bits per heavy atom. The van der Waals surface area contributed by atoms with E-state index in [2.05, 4.69) is 25.3 Å². The molecule has 1 aliphatic heterocycles. The van der Waals surface area contributed by atoms with Gasteiger partial charge in [-0.05, 0) is 24.3 Å². The predicted octanol–water partition coefficient (Wildman–Crippen LogP) is 1.52. The van der Waals surface area contributed by atoms with E-state index in [1.165, 1.54) is 18.2 Å². The largest absolute Gasteiger partial charge is 0.354 e. The summed E-state index contributed by atoms with van der Waals surface area (Å²) in [7, 11) is 0. The van der Waals surface area contributed by atoms with Crippen LogP contribution in [0.3, 0.4) is 0 Å². The molecule has 2 aromatic heterocycles. The van der Waals surface area contributed by atoms with Crippen LogP contribution in [0.15, 0.2) is 41.2 Å². The molecule has 1 fully saturated rings. The van der Waals surface area contributed by atoms with Gasteiger partial charge in [0, 0.05) is 38.6 Å². The van der Waals surface area contributed by atoms with Gasteiger partial charge in [0.15, 0.2) is 11.4 Å². The first kappa shape index (κ1) is 16.4. The van der Waals surface area contributed by atoms with Crippen LogP contribution in [0.2, 0.25) is 0 Å². The third kappa shape index (κ3) is 3.47. The van der Waals surface area contributed by atoms with Gasteiger partial charge in [0.05, 0.1) is 11.9 Å². The van der Waals surface area contributed by atoms with Gasteiger partial charge in [-0.15, -0.1) is 0 Å². The summed E-state index contributed by atoms with van der Waals surface area (Å²) in [6, 6.07) is 5.84. The van der Waals surface area contributed by atoms with Crippen LogP contribution in [0.5, 0.6) is 0 Å². The molecule has 0 aliphatic carbocycles. The summed E-state index contributed by atoms with van der Waals surface area (Å²) in [5, 5.41) is 6.94. The average Bonchev–Trinajstić information content (AvgIpc) is 3.05. The quantitative estimate of drug-likeness (QED) is 0.758. The fourth-order valence-electron chi connectivity index (χ4n) is 2.94. The second-order valence-electron chi connectivity index (χ2n) is 6.03. The third-order valence-corrected chi connectivity index (χ3v) is 4.26. The molecule has 1 saturated heterocycles. The van der Waals surface area contributed by atoms with Crippen LogP contribution in [0.1, 0.15) is 0 Å². The molecule has 1 amide bonds. The van der Waals surface area contributed by atoms with Gasteiger partial charge in [-0.2, -0.15) is 0 Å². The summed E-state index contributed by atoms with van der Waals surface area (Å²) in [5.41, 5.74) is 0.429. The molecule has 4 rings (SSSR count). The van der Waals surface area contributed by atoms with Crippen molar-refractivity contribution in [3.63, 3.8) is 0 Å². The molecule has 8 nitrogen and oxygen atoms in total. The standard InChI is InChI=1S/C17H17FN6O2/c18-12-2-3-14-13(10-12)16(22-26-14)21-15(25)11-23-6-8-24(9-7-23)17-19-4-1-5-20-17/h1-5,10H,6-9,11H2,(H,21,22,25). The summed E-state index contributed by atoms with van der Waals surface area (Å²) in [4.78, 5) is 24.9. The van der Waals surface area contributed by atoms with Crippen molar-refractivity contribution in [3.05, 3.63) is 42.5 Å². The number of hydrogen-bond acceptors (Lipinski definition) is 7. The zero-order chi connectivity index (χ0) is 17.9. The molecule has 26 heavy (non-hydrogen) atoms. The Balaban J connectivity index is 1.33. The van der Waals surface area contributed by atoms with Crippen LogP contribution in [-0.2, 0) is 4.79 Å². The van der Waals surface area contributed by atoms with Crippen molar-refractivity contribution in [2.24, 2.45) is 0 Å². The Kier molecular flexibility index (Phi) is 4.44. The number of rotatable bonds is 4. The Morgan fingerprint density at radius 3 is 2.73 bits per heavy atom. The van der Waals surface area contributed by atoms with Gasteiger partial charge in [-0.3, -0.25) is 9.69 Å². The normalized spacial score (nSPS) is 15.3. The number of halogens is 1. The van der Waals surface area contributed by atoms with E-state index in [0.29, 0.717) is 16.9 Å². The van der Waals surface area contributed by atoms with Crippen molar-refractivity contribution < 1.29 is 13.7 Å². The molecule has 3 heterocycles. The number of hydrogen-bond donors (Lipinski definition) is 1. The van der Waals surface area contributed by atoms with E-state index in [0.717, 1.165) is 26.2 Å². The molecule has 1 aromatic carbocycles.